The number of ether oxygens (including phenoxy) is 1. The fourth-order valence-electron chi connectivity index (χ4n) is 2.26. The molecule has 0 bridgehead atoms. The molecule has 0 spiro atoms. The van der Waals surface area contributed by atoms with Crippen LogP contribution in [-0.4, -0.2) is 46.2 Å². The van der Waals surface area contributed by atoms with Crippen LogP contribution in [0.15, 0.2) is 33.7 Å². The van der Waals surface area contributed by atoms with Crippen molar-refractivity contribution in [2.75, 3.05) is 20.7 Å². The van der Waals surface area contributed by atoms with Gasteiger partial charge in [0.25, 0.3) is 5.91 Å². The summed E-state index contributed by atoms with van der Waals surface area (Å²) in [5.41, 5.74) is 0.829. The van der Waals surface area contributed by atoms with Crippen LogP contribution in [0.3, 0.4) is 0 Å². The van der Waals surface area contributed by atoms with Crippen molar-refractivity contribution in [2.45, 2.75) is 30.5 Å². The first-order chi connectivity index (χ1) is 12.3. The van der Waals surface area contributed by atoms with Crippen LogP contribution in [0.4, 0.5) is 0 Å². The number of sulfone groups is 1. The van der Waals surface area contributed by atoms with Crippen LogP contribution in [0.5, 0.6) is 5.75 Å². The van der Waals surface area contributed by atoms with E-state index >= 15 is 0 Å². The summed E-state index contributed by atoms with van der Waals surface area (Å²) in [4.78, 5) is 12.2. The van der Waals surface area contributed by atoms with Gasteiger partial charge < -0.3 is 19.9 Å². The molecule has 0 aliphatic carbocycles. The van der Waals surface area contributed by atoms with Crippen LogP contribution in [0.2, 0.25) is 0 Å². The summed E-state index contributed by atoms with van der Waals surface area (Å²) >= 11 is 0. The number of rotatable bonds is 8. The van der Waals surface area contributed by atoms with Crippen molar-refractivity contribution >= 4 is 28.2 Å². The molecule has 0 aliphatic heterocycles. The Kier molecular flexibility index (Phi) is 8.26. The Bertz CT molecular complexity index is 882. The number of hydrogen-bond acceptors (Lipinski definition) is 7. The molecule has 150 valence electrons. The van der Waals surface area contributed by atoms with Gasteiger partial charge in [-0.25, -0.2) is 8.42 Å². The van der Waals surface area contributed by atoms with Crippen molar-refractivity contribution in [1.82, 2.24) is 15.8 Å². The SMILES string of the molecule is CNC(C)CNC(=O)c1ccc(OC)c(S(=O)(=O)Cc2cc(C)no2)c1.Cl. The summed E-state index contributed by atoms with van der Waals surface area (Å²) in [5, 5.41) is 9.45. The molecular formula is C17H24ClN3O5S. The molecule has 0 fully saturated rings. The Hall–Kier alpha value is -2.10. The molecule has 1 aromatic carbocycles. The first-order valence-electron chi connectivity index (χ1n) is 8.05. The predicted octanol–water partition coefficient (Wildman–Crippen LogP) is 1.73. The van der Waals surface area contributed by atoms with Crippen molar-refractivity contribution in [1.29, 1.82) is 0 Å². The normalized spacial score (nSPS) is 12.1. The minimum Gasteiger partial charge on any atom is -0.495 e. The summed E-state index contributed by atoms with van der Waals surface area (Å²) < 4.78 is 35.7. The van der Waals surface area contributed by atoms with Gasteiger partial charge in [-0.15, -0.1) is 12.4 Å². The van der Waals surface area contributed by atoms with Crippen molar-refractivity contribution in [2.24, 2.45) is 0 Å². The number of carbonyl (C=O) groups is 1. The summed E-state index contributed by atoms with van der Waals surface area (Å²) in [6.07, 6.45) is 0. The molecule has 1 heterocycles. The maximum absolute atomic E-state index is 12.8. The Morgan fingerprint density at radius 2 is 2.04 bits per heavy atom. The van der Waals surface area contributed by atoms with Gasteiger partial charge in [0.1, 0.15) is 16.4 Å². The molecule has 1 aromatic heterocycles. The molecule has 1 atom stereocenters. The Balaban J connectivity index is 0.00000364. The molecular weight excluding hydrogens is 394 g/mol. The predicted molar refractivity (Wildman–Crippen MR) is 103 cm³/mol. The Morgan fingerprint density at radius 3 is 2.59 bits per heavy atom. The molecule has 10 heteroatoms. The number of hydrogen-bond donors (Lipinski definition) is 2. The molecule has 0 saturated carbocycles. The van der Waals surface area contributed by atoms with Crippen molar-refractivity contribution < 1.29 is 22.5 Å². The summed E-state index contributed by atoms with van der Waals surface area (Å²) in [7, 11) is -0.618. The second kappa shape index (κ2) is 9.72. The Labute approximate surface area is 165 Å². The maximum atomic E-state index is 12.8. The van der Waals surface area contributed by atoms with E-state index in [9.17, 15) is 13.2 Å². The van der Waals surface area contributed by atoms with Gasteiger partial charge >= 0.3 is 0 Å². The number of amides is 1. The largest absolute Gasteiger partial charge is 0.495 e. The van der Waals surface area contributed by atoms with E-state index in [0.29, 0.717) is 12.2 Å². The van der Waals surface area contributed by atoms with Crippen LogP contribution in [0.1, 0.15) is 28.7 Å². The highest BCUT2D eigenvalue weighted by molar-refractivity contribution is 7.90. The highest BCUT2D eigenvalue weighted by Gasteiger charge is 2.24. The lowest BCUT2D eigenvalue weighted by atomic mass is 10.2. The minimum atomic E-state index is -3.79. The van der Waals surface area contributed by atoms with Crippen molar-refractivity contribution in [3.05, 3.63) is 41.3 Å². The van der Waals surface area contributed by atoms with E-state index in [-0.39, 0.29) is 52.1 Å². The van der Waals surface area contributed by atoms with Crippen LogP contribution in [0, 0.1) is 6.92 Å². The van der Waals surface area contributed by atoms with E-state index in [4.69, 9.17) is 9.26 Å². The summed E-state index contributed by atoms with van der Waals surface area (Å²) in [6.45, 7) is 4.04. The number of aryl methyl sites for hydroxylation is 1. The molecule has 2 rings (SSSR count). The molecule has 0 saturated heterocycles. The lowest BCUT2D eigenvalue weighted by Gasteiger charge is -2.13. The van der Waals surface area contributed by atoms with Crippen LogP contribution in [-0.2, 0) is 15.6 Å². The first-order valence-corrected chi connectivity index (χ1v) is 9.70. The Morgan fingerprint density at radius 1 is 1.33 bits per heavy atom. The van der Waals surface area contributed by atoms with E-state index in [1.807, 2.05) is 6.92 Å². The zero-order valence-corrected chi connectivity index (χ0v) is 17.2. The number of methoxy groups -OCH3 is 1. The van der Waals surface area contributed by atoms with Gasteiger partial charge in [-0.3, -0.25) is 4.79 Å². The lowest BCUT2D eigenvalue weighted by Crippen LogP contribution is -2.37. The van der Waals surface area contributed by atoms with Crippen LogP contribution >= 0.6 is 12.4 Å². The van der Waals surface area contributed by atoms with Gasteiger partial charge in [0, 0.05) is 24.2 Å². The van der Waals surface area contributed by atoms with E-state index in [2.05, 4.69) is 15.8 Å². The minimum absolute atomic E-state index is 0. The third-order valence-electron chi connectivity index (χ3n) is 3.83. The number of benzene rings is 1. The molecule has 27 heavy (non-hydrogen) atoms. The van der Waals surface area contributed by atoms with Crippen LogP contribution < -0.4 is 15.4 Å². The topological polar surface area (TPSA) is 111 Å². The number of carbonyl (C=O) groups excluding carboxylic acids is 1. The van der Waals surface area contributed by atoms with Gasteiger partial charge in [0.15, 0.2) is 15.6 Å². The number of nitrogens with zero attached hydrogens (tertiary/aromatic N) is 1. The fourth-order valence-corrected chi connectivity index (χ4v) is 3.69. The second-order valence-corrected chi connectivity index (χ2v) is 7.92. The molecule has 8 nitrogen and oxygen atoms in total. The average molecular weight is 418 g/mol. The van der Waals surface area contributed by atoms with E-state index < -0.39 is 9.84 Å². The zero-order chi connectivity index (χ0) is 19.3. The molecule has 0 radical (unpaired) electrons. The molecule has 0 aliphatic rings. The summed E-state index contributed by atoms with van der Waals surface area (Å²) in [6, 6.07) is 5.96. The van der Waals surface area contributed by atoms with E-state index in [1.54, 1.807) is 20.0 Å². The third-order valence-corrected chi connectivity index (χ3v) is 5.49. The maximum Gasteiger partial charge on any atom is 0.251 e. The first kappa shape index (κ1) is 22.9. The monoisotopic (exact) mass is 417 g/mol. The second-order valence-electron chi connectivity index (χ2n) is 5.96. The number of nitrogens with one attached hydrogen (secondary N) is 2. The average Bonchev–Trinajstić information content (AvgIpc) is 3.02. The molecule has 1 amide bonds. The number of halogens is 1. The molecule has 2 N–H and O–H groups in total. The fraction of sp³-hybridized carbons (Fsp3) is 0.412. The van der Waals surface area contributed by atoms with Crippen molar-refractivity contribution in [3.63, 3.8) is 0 Å². The lowest BCUT2D eigenvalue weighted by molar-refractivity contribution is 0.0950. The number of likely N-dealkylation sites (N-methyl/N-ethyl adjacent to an activating group) is 1. The highest BCUT2D eigenvalue weighted by atomic mass is 35.5. The number of aromatic nitrogens is 1. The molecule has 1 unspecified atom stereocenters. The van der Waals surface area contributed by atoms with Gasteiger partial charge in [0.2, 0.25) is 0 Å². The van der Waals surface area contributed by atoms with Gasteiger partial charge in [0.05, 0.1) is 12.8 Å². The summed E-state index contributed by atoms with van der Waals surface area (Å²) in [5.74, 6) is -0.336. The zero-order valence-electron chi connectivity index (χ0n) is 15.6. The quantitative estimate of drug-likeness (QED) is 0.672. The molecule has 2 aromatic rings. The van der Waals surface area contributed by atoms with E-state index in [0.717, 1.165) is 0 Å². The van der Waals surface area contributed by atoms with Gasteiger partial charge in [-0.05, 0) is 39.1 Å². The van der Waals surface area contributed by atoms with Crippen molar-refractivity contribution in [3.8, 4) is 5.75 Å². The van der Waals surface area contributed by atoms with Crippen LogP contribution in [0.25, 0.3) is 0 Å². The van der Waals surface area contributed by atoms with Gasteiger partial charge in [-0.1, -0.05) is 5.16 Å². The third kappa shape index (κ3) is 5.95. The smallest absolute Gasteiger partial charge is 0.251 e. The van der Waals surface area contributed by atoms with E-state index in [1.165, 1.54) is 25.3 Å². The van der Waals surface area contributed by atoms with Gasteiger partial charge in [-0.2, -0.15) is 0 Å². The highest BCUT2D eigenvalue weighted by Crippen LogP contribution is 2.28. The standard InChI is InChI=1S/C17H23N3O5S.ClH/c1-11-7-14(25-20-11)10-26(22,23)16-8-13(5-6-15(16)24-4)17(21)19-9-12(2)18-3;/h5-8,12,18H,9-10H2,1-4H3,(H,19,21);1H.